The fraction of sp³-hybridized carbons (Fsp3) is 0.214. The standard InChI is InChI=1S/C28H28FN3O/c1-3-4-18-24(20-12-7-5-8-13-20)30-28(33)26-25(22-16-11-17-23(29)19-22)31-27(32(26)2)21-14-9-6-10-15-21/h5-17,19,24H,3-4,18H2,1-2H3,(H,30,33). The molecule has 5 heteroatoms. The molecule has 1 atom stereocenters. The van der Waals surface area contributed by atoms with Gasteiger partial charge in [-0.15, -0.1) is 0 Å². The van der Waals surface area contributed by atoms with Crippen molar-refractivity contribution in [3.63, 3.8) is 0 Å². The molecule has 0 saturated carbocycles. The van der Waals surface area contributed by atoms with Gasteiger partial charge in [-0.1, -0.05) is 92.6 Å². The Labute approximate surface area is 194 Å². The van der Waals surface area contributed by atoms with E-state index in [4.69, 9.17) is 4.98 Å². The normalized spacial score (nSPS) is 11.8. The molecule has 1 N–H and O–H groups in total. The number of halogens is 1. The zero-order valence-electron chi connectivity index (χ0n) is 19.0. The van der Waals surface area contributed by atoms with Crippen LogP contribution in [0.15, 0.2) is 84.9 Å². The van der Waals surface area contributed by atoms with Crippen molar-refractivity contribution in [2.45, 2.75) is 32.2 Å². The predicted molar refractivity (Wildman–Crippen MR) is 130 cm³/mol. The second-order valence-electron chi connectivity index (χ2n) is 8.15. The average molecular weight is 442 g/mol. The lowest BCUT2D eigenvalue weighted by Gasteiger charge is -2.20. The Bertz CT molecular complexity index is 1220. The number of aromatic nitrogens is 2. The molecule has 0 spiro atoms. The van der Waals surface area contributed by atoms with Crippen LogP contribution in [0.25, 0.3) is 22.6 Å². The Kier molecular flexibility index (Phi) is 6.98. The monoisotopic (exact) mass is 441 g/mol. The first-order valence-electron chi connectivity index (χ1n) is 11.3. The number of carbonyl (C=O) groups is 1. The minimum Gasteiger partial charge on any atom is -0.344 e. The van der Waals surface area contributed by atoms with E-state index in [0.717, 1.165) is 30.4 Å². The Balaban J connectivity index is 1.77. The van der Waals surface area contributed by atoms with Gasteiger partial charge in [-0.2, -0.15) is 0 Å². The van der Waals surface area contributed by atoms with Gasteiger partial charge < -0.3 is 9.88 Å². The van der Waals surface area contributed by atoms with Crippen LogP contribution in [0.2, 0.25) is 0 Å². The van der Waals surface area contributed by atoms with Gasteiger partial charge in [0.1, 0.15) is 23.0 Å². The van der Waals surface area contributed by atoms with Crippen LogP contribution in [0.5, 0.6) is 0 Å². The van der Waals surface area contributed by atoms with Crippen molar-refractivity contribution in [2.24, 2.45) is 7.05 Å². The van der Waals surface area contributed by atoms with Crippen molar-refractivity contribution < 1.29 is 9.18 Å². The third kappa shape index (κ3) is 5.03. The fourth-order valence-corrected chi connectivity index (χ4v) is 4.08. The van der Waals surface area contributed by atoms with Crippen molar-refractivity contribution in [3.05, 3.63) is 102 Å². The molecule has 0 fully saturated rings. The molecule has 1 heterocycles. The largest absolute Gasteiger partial charge is 0.344 e. The van der Waals surface area contributed by atoms with E-state index >= 15 is 0 Å². The summed E-state index contributed by atoms with van der Waals surface area (Å²) in [5.41, 5.74) is 3.41. The summed E-state index contributed by atoms with van der Waals surface area (Å²) in [4.78, 5) is 18.5. The van der Waals surface area contributed by atoms with Crippen molar-refractivity contribution in [3.8, 4) is 22.6 Å². The van der Waals surface area contributed by atoms with E-state index in [9.17, 15) is 9.18 Å². The summed E-state index contributed by atoms with van der Waals surface area (Å²) in [5, 5.41) is 3.22. The minimum absolute atomic E-state index is 0.117. The van der Waals surface area contributed by atoms with Crippen molar-refractivity contribution in [1.82, 2.24) is 14.9 Å². The van der Waals surface area contributed by atoms with Gasteiger partial charge in [0.25, 0.3) is 5.91 Å². The van der Waals surface area contributed by atoms with Gasteiger partial charge in [-0.25, -0.2) is 9.37 Å². The third-order valence-corrected chi connectivity index (χ3v) is 5.79. The lowest BCUT2D eigenvalue weighted by Crippen LogP contribution is -2.30. The lowest BCUT2D eigenvalue weighted by molar-refractivity contribution is 0.0926. The van der Waals surface area contributed by atoms with E-state index in [2.05, 4.69) is 12.2 Å². The highest BCUT2D eigenvalue weighted by molar-refractivity contribution is 5.99. The molecule has 1 aromatic heterocycles. The average Bonchev–Trinajstić information content (AvgIpc) is 3.20. The SMILES string of the molecule is CCCCC(NC(=O)c1c(-c2cccc(F)c2)nc(-c2ccccc2)n1C)c1ccccc1. The zero-order chi connectivity index (χ0) is 23.2. The Hall–Kier alpha value is -3.73. The van der Waals surface area contributed by atoms with Gasteiger partial charge >= 0.3 is 0 Å². The van der Waals surface area contributed by atoms with Crippen molar-refractivity contribution in [2.75, 3.05) is 0 Å². The van der Waals surface area contributed by atoms with Gasteiger partial charge in [-0.05, 0) is 24.1 Å². The van der Waals surface area contributed by atoms with Crippen LogP contribution in [0.4, 0.5) is 4.39 Å². The molecule has 3 aromatic carbocycles. The number of nitrogens with one attached hydrogen (secondary N) is 1. The molecule has 4 rings (SSSR count). The van der Waals surface area contributed by atoms with E-state index in [1.54, 1.807) is 16.7 Å². The third-order valence-electron chi connectivity index (χ3n) is 5.79. The molecule has 0 bridgehead atoms. The molecule has 4 nitrogen and oxygen atoms in total. The summed E-state index contributed by atoms with van der Waals surface area (Å²) >= 11 is 0. The molecule has 0 aliphatic heterocycles. The van der Waals surface area contributed by atoms with Crippen molar-refractivity contribution in [1.29, 1.82) is 0 Å². The Morgan fingerprint density at radius 3 is 2.30 bits per heavy atom. The zero-order valence-corrected chi connectivity index (χ0v) is 19.0. The number of unbranched alkanes of at least 4 members (excludes halogenated alkanes) is 1. The quantitative estimate of drug-likeness (QED) is 0.337. The van der Waals surface area contributed by atoms with Crippen molar-refractivity contribution >= 4 is 5.91 Å². The highest BCUT2D eigenvalue weighted by Gasteiger charge is 2.25. The highest BCUT2D eigenvalue weighted by Crippen LogP contribution is 2.30. The molecule has 4 aromatic rings. The Morgan fingerprint density at radius 1 is 0.970 bits per heavy atom. The maximum Gasteiger partial charge on any atom is 0.270 e. The minimum atomic E-state index is -0.365. The summed E-state index contributed by atoms with van der Waals surface area (Å²) in [6.07, 6.45) is 2.87. The number of carbonyl (C=O) groups excluding carboxylic acids is 1. The molecule has 33 heavy (non-hydrogen) atoms. The maximum atomic E-state index is 14.1. The summed E-state index contributed by atoms with van der Waals surface area (Å²) in [5.74, 6) is 0.0668. The molecule has 0 aliphatic carbocycles. The fourth-order valence-electron chi connectivity index (χ4n) is 4.08. The van der Waals surface area contributed by atoms with Crippen LogP contribution < -0.4 is 5.32 Å². The Morgan fingerprint density at radius 2 is 1.64 bits per heavy atom. The molecule has 168 valence electrons. The molecule has 1 unspecified atom stereocenters. The summed E-state index contributed by atoms with van der Waals surface area (Å²) in [6, 6.07) is 25.8. The van der Waals surface area contributed by atoms with Gasteiger partial charge in [0, 0.05) is 18.2 Å². The second kappa shape index (κ2) is 10.3. The van der Waals surface area contributed by atoms with Gasteiger partial charge in [0.2, 0.25) is 0 Å². The van der Waals surface area contributed by atoms with Crippen LogP contribution >= 0.6 is 0 Å². The van der Waals surface area contributed by atoms with Gasteiger partial charge in [0.15, 0.2) is 0 Å². The number of hydrogen-bond donors (Lipinski definition) is 1. The van der Waals surface area contributed by atoms with Gasteiger partial charge in [0.05, 0.1) is 6.04 Å². The van der Waals surface area contributed by atoms with Crippen LogP contribution in [0.1, 0.15) is 48.3 Å². The molecule has 1 amide bonds. The predicted octanol–water partition coefficient (Wildman–Crippen LogP) is 6.55. The summed E-state index contributed by atoms with van der Waals surface area (Å²) < 4.78 is 15.9. The van der Waals surface area contributed by atoms with E-state index in [0.29, 0.717) is 22.8 Å². The first-order chi connectivity index (χ1) is 16.1. The molecule has 0 saturated heterocycles. The first-order valence-corrected chi connectivity index (χ1v) is 11.3. The number of rotatable bonds is 8. The molecule has 0 aliphatic rings. The molecular formula is C28H28FN3O. The number of hydrogen-bond acceptors (Lipinski definition) is 2. The van der Waals surface area contributed by atoms with Crippen LogP contribution in [0, 0.1) is 5.82 Å². The maximum absolute atomic E-state index is 14.1. The molecular weight excluding hydrogens is 413 g/mol. The van der Waals surface area contributed by atoms with Crippen LogP contribution in [-0.2, 0) is 7.05 Å². The van der Waals surface area contributed by atoms with E-state index in [1.165, 1.54) is 12.1 Å². The smallest absolute Gasteiger partial charge is 0.270 e. The lowest BCUT2D eigenvalue weighted by atomic mass is 10.0. The number of nitrogens with zero attached hydrogens (tertiary/aromatic N) is 2. The number of benzene rings is 3. The highest BCUT2D eigenvalue weighted by atomic mass is 19.1. The van der Waals surface area contributed by atoms with Crippen LogP contribution in [-0.4, -0.2) is 15.5 Å². The number of imidazole rings is 1. The van der Waals surface area contributed by atoms with E-state index < -0.39 is 0 Å². The second-order valence-corrected chi connectivity index (χ2v) is 8.15. The first kappa shape index (κ1) is 22.5. The van der Waals surface area contributed by atoms with E-state index in [-0.39, 0.29) is 17.8 Å². The van der Waals surface area contributed by atoms with Gasteiger partial charge in [-0.3, -0.25) is 4.79 Å². The topological polar surface area (TPSA) is 46.9 Å². The number of amides is 1. The summed E-state index contributed by atoms with van der Waals surface area (Å²) in [6.45, 7) is 2.14. The van der Waals surface area contributed by atoms with Crippen LogP contribution in [0.3, 0.4) is 0 Å². The van der Waals surface area contributed by atoms with E-state index in [1.807, 2.05) is 67.7 Å². The molecule has 0 radical (unpaired) electrons. The summed E-state index contributed by atoms with van der Waals surface area (Å²) in [7, 11) is 1.83.